The lowest BCUT2D eigenvalue weighted by Crippen LogP contribution is -2.54. The fourth-order valence-electron chi connectivity index (χ4n) is 4.62. The lowest BCUT2D eigenvalue weighted by atomic mass is 9.88. The largest absolute Gasteiger partial charge is 0.444 e. The van der Waals surface area contributed by atoms with Gasteiger partial charge in [0.25, 0.3) is 5.56 Å². The van der Waals surface area contributed by atoms with Gasteiger partial charge in [0, 0.05) is 11.1 Å². The number of aromatic nitrogens is 2. The highest BCUT2D eigenvalue weighted by atomic mass is 32.2. The number of benzene rings is 1. The second-order valence-corrected chi connectivity index (χ2v) is 13.1. The third-order valence-corrected chi connectivity index (χ3v) is 8.63. The average Bonchev–Trinajstić information content (AvgIpc) is 3.22. The number of fused-ring (bicyclic) bond motifs is 3. The number of hydrogen-bond acceptors (Lipinski definition) is 9. The summed E-state index contributed by atoms with van der Waals surface area (Å²) in [6.07, 6.45) is 2.50. The summed E-state index contributed by atoms with van der Waals surface area (Å²) in [5, 5.41) is 0. The van der Waals surface area contributed by atoms with Crippen LogP contribution in [-0.4, -0.2) is 59.7 Å². The number of morpholine rings is 1. The Kier molecular flexibility index (Phi) is 6.53. The second kappa shape index (κ2) is 9.41. The van der Waals surface area contributed by atoms with Crippen LogP contribution in [0, 0.1) is 6.92 Å². The maximum Gasteiger partial charge on any atom is 0.410 e. The summed E-state index contributed by atoms with van der Waals surface area (Å²) < 4.78 is 43.5. The minimum Gasteiger partial charge on any atom is -0.444 e. The minimum atomic E-state index is -4.13. The van der Waals surface area contributed by atoms with Crippen molar-refractivity contribution in [3.63, 3.8) is 0 Å². The van der Waals surface area contributed by atoms with E-state index in [2.05, 4.69) is 4.98 Å². The van der Waals surface area contributed by atoms with E-state index in [1.807, 2.05) is 27.7 Å². The summed E-state index contributed by atoms with van der Waals surface area (Å²) in [6, 6.07) is 7.32. The average molecular weight is 548 g/mol. The molecule has 4 heterocycles. The first-order valence-corrected chi connectivity index (χ1v) is 14.3. The molecule has 3 atom stereocenters. The van der Waals surface area contributed by atoms with E-state index in [0.29, 0.717) is 30.9 Å². The van der Waals surface area contributed by atoms with Crippen LogP contribution in [0.2, 0.25) is 0 Å². The van der Waals surface area contributed by atoms with Crippen molar-refractivity contribution < 1.29 is 26.9 Å². The summed E-state index contributed by atoms with van der Waals surface area (Å²) in [4.78, 5) is 32.6. The van der Waals surface area contributed by atoms with E-state index in [4.69, 9.17) is 13.7 Å². The number of amides is 1. The van der Waals surface area contributed by atoms with Crippen LogP contribution >= 0.6 is 11.3 Å². The zero-order chi connectivity index (χ0) is 26.5. The molecule has 2 aliphatic heterocycles. The molecule has 37 heavy (non-hydrogen) atoms. The van der Waals surface area contributed by atoms with Gasteiger partial charge < -0.3 is 18.6 Å². The molecule has 2 aromatic heterocycles. The molecule has 12 heteroatoms. The number of ether oxygens (including phenoxy) is 2. The number of carbonyl (C=O) groups excluding carboxylic acids is 1. The second-order valence-electron chi connectivity index (χ2n) is 10.5. The zero-order valence-electron chi connectivity index (χ0n) is 21.0. The molecule has 2 fully saturated rings. The van der Waals surface area contributed by atoms with Crippen molar-refractivity contribution in [1.82, 2.24) is 14.3 Å². The highest BCUT2D eigenvalue weighted by Gasteiger charge is 2.40. The minimum absolute atomic E-state index is 0.0128. The molecule has 2 bridgehead atoms. The van der Waals surface area contributed by atoms with Gasteiger partial charge in [0.1, 0.15) is 10.5 Å². The standard InChI is InChI=1S/C25H29N3O7S2/c1-15-5-7-19(8-6-15)37(31,32)35-21-11-22(29)28-14-20(36-23(28)26-21)16-9-17-12-27(13-18(10-16)33-17)24(30)34-25(2,3)4/h5-8,11,14,16-18H,9-10,12-13H2,1-4H3/t16-,17+,18-. The molecule has 1 amide bonds. The van der Waals surface area contributed by atoms with E-state index in [1.165, 1.54) is 27.9 Å². The third-order valence-electron chi connectivity index (χ3n) is 6.25. The van der Waals surface area contributed by atoms with Crippen LogP contribution in [-0.2, 0) is 19.6 Å². The van der Waals surface area contributed by atoms with Crippen molar-refractivity contribution in [3.05, 3.63) is 57.3 Å². The van der Waals surface area contributed by atoms with E-state index >= 15 is 0 Å². The van der Waals surface area contributed by atoms with Gasteiger partial charge in [-0.15, -0.1) is 11.3 Å². The molecule has 3 aromatic rings. The van der Waals surface area contributed by atoms with Gasteiger partial charge in [-0.1, -0.05) is 17.7 Å². The normalized spacial score (nSPS) is 22.2. The molecule has 0 unspecified atom stereocenters. The molecule has 0 saturated carbocycles. The molecule has 0 aliphatic carbocycles. The van der Waals surface area contributed by atoms with Crippen molar-refractivity contribution in [2.24, 2.45) is 0 Å². The van der Waals surface area contributed by atoms with Gasteiger partial charge in [-0.05, 0) is 58.6 Å². The van der Waals surface area contributed by atoms with Crippen LogP contribution < -0.4 is 9.74 Å². The fourth-order valence-corrected chi connectivity index (χ4v) is 6.60. The maximum absolute atomic E-state index is 12.8. The van der Waals surface area contributed by atoms with Gasteiger partial charge in [-0.2, -0.15) is 13.4 Å². The lowest BCUT2D eigenvalue weighted by molar-refractivity contribution is -0.118. The Morgan fingerprint density at radius 1 is 1.14 bits per heavy atom. The van der Waals surface area contributed by atoms with Gasteiger partial charge in [0.2, 0.25) is 5.88 Å². The molecule has 5 rings (SSSR count). The molecule has 10 nitrogen and oxygen atoms in total. The predicted octanol–water partition coefficient (Wildman–Crippen LogP) is 3.71. The van der Waals surface area contributed by atoms with Crippen LogP contribution in [0.25, 0.3) is 4.96 Å². The van der Waals surface area contributed by atoms with Crippen molar-refractivity contribution >= 4 is 32.5 Å². The number of likely N-dealkylation sites (tertiary alicyclic amines) is 1. The number of rotatable bonds is 4. The molecule has 2 aliphatic rings. The zero-order valence-corrected chi connectivity index (χ0v) is 22.7. The quantitative estimate of drug-likeness (QED) is 0.454. The first-order chi connectivity index (χ1) is 17.4. The topological polar surface area (TPSA) is 117 Å². The highest BCUT2D eigenvalue weighted by Crippen LogP contribution is 2.39. The lowest BCUT2D eigenvalue weighted by Gasteiger charge is -2.44. The first-order valence-electron chi connectivity index (χ1n) is 12.0. The first kappa shape index (κ1) is 25.7. The SMILES string of the molecule is Cc1ccc(S(=O)(=O)Oc2cc(=O)n3cc([C@H]4C[C@@H]5CN(C(=O)OC(C)(C)C)C[C@H](C4)O5)sc3n2)cc1. The van der Waals surface area contributed by atoms with Crippen LogP contribution in [0.1, 0.15) is 50.0 Å². The molecule has 2 saturated heterocycles. The van der Waals surface area contributed by atoms with Gasteiger partial charge in [-0.25, -0.2) is 4.79 Å². The van der Waals surface area contributed by atoms with Gasteiger partial charge in [-0.3, -0.25) is 9.20 Å². The number of nitrogens with zero attached hydrogens (tertiary/aromatic N) is 3. The van der Waals surface area contributed by atoms with Crippen molar-refractivity contribution in [2.75, 3.05) is 13.1 Å². The maximum atomic E-state index is 12.8. The third kappa shape index (κ3) is 5.65. The predicted molar refractivity (Wildman–Crippen MR) is 137 cm³/mol. The number of thiazole rings is 1. The Labute approximate surface area is 218 Å². The van der Waals surface area contributed by atoms with Gasteiger partial charge in [0.05, 0.1) is 31.4 Å². The van der Waals surface area contributed by atoms with Crippen molar-refractivity contribution in [2.45, 2.75) is 69.2 Å². The van der Waals surface area contributed by atoms with E-state index in [0.717, 1.165) is 16.5 Å². The summed E-state index contributed by atoms with van der Waals surface area (Å²) >= 11 is 1.33. The molecule has 0 radical (unpaired) electrons. The smallest absolute Gasteiger partial charge is 0.410 e. The van der Waals surface area contributed by atoms with E-state index in [1.54, 1.807) is 23.2 Å². The fraction of sp³-hybridized carbons (Fsp3) is 0.480. The Morgan fingerprint density at radius 2 is 1.78 bits per heavy atom. The highest BCUT2D eigenvalue weighted by molar-refractivity contribution is 7.87. The summed E-state index contributed by atoms with van der Waals surface area (Å²) in [6.45, 7) is 8.26. The molecule has 1 aromatic carbocycles. The Bertz CT molecular complexity index is 1480. The summed E-state index contributed by atoms with van der Waals surface area (Å²) in [5.74, 6) is -0.146. The van der Waals surface area contributed by atoms with Crippen molar-refractivity contribution in [3.8, 4) is 5.88 Å². The van der Waals surface area contributed by atoms with E-state index in [9.17, 15) is 18.0 Å². The van der Waals surface area contributed by atoms with Crippen LogP contribution in [0.5, 0.6) is 5.88 Å². The van der Waals surface area contributed by atoms with Gasteiger partial charge in [0.15, 0.2) is 4.96 Å². The van der Waals surface area contributed by atoms with Crippen LogP contribution in [0.3, 0.4) is 0 Å². The molecule has 0 spiro atoms. The molecular formula is C25H29N3O7S2. The Hall–Kier alpha value is -2.96. The molecular weight excluding hydrogens is 518 g/mol. The summed E-state index contributed by atoms with van der Waals surface area (Å²) in [5.41, 5.74) is -0.0746. The molecule has 198 valence electrons. The summed E-state index contributed by atoms with van der Waals surface area (Å²) in [7, 11) is -4.13. The number of aryl methyl sites for hydroxylation is 1. The van der Waals surface area contributed by atoms with Gasteiger partial charge >= 0.3 is 16.2 Å². The number of carbonyl (C=O) groups is 1. The van der Waals surface area contributed by atoms with E-state index in [-0.39, 0.29) is 35.0 Å². The Balaban J connectivity index is 1.33. The monoisotopic (exact) mass is 547 g/mol. The van der Waals surface area contributed by atoms with Crippen LogP contribution in [0.4, 0.5) is 4.79 Å². The van der Waals surface area contributed by atoms with Crippen molar-refractivity contribution in [1.29, 1.82) is 0 Å². The van der Waals surface area contributed by atoms with Crippen LogP contribution in [0.15, 0.2) is 46.2 Å². The van der Waals surface area contributed by atoms with E-state index < -0.39 is 21.3 Å². The molecule has 0 N–H and O–H groups in total. The number of hydrogen-bond donors (Lipinski definition) is 0. The Morgan fingerprint density at radius 3 is 2.41 bits per heavy atom.